The fourth-order valence-corrected chi connectivity index (χ4v) is 0. The Morgan fingerprint density at radius 3 is 1.00 bits per heavy atom. The molecule has 0 aromatic heterocycles. The van der Waals surface area contributed by atoms with Gasteiger partial charge in [-0.1, -0.05) is 0 Å². The second-order valence-electron chi connectivity index (χ2n) is 0. The van der Waals surface area contributed by atoms with Crippen LogP contribution in [0.3, 0.4) is 0 Å². The Bertz CT molecular complexity index is 11.6. The van der Waals surface area contributed by atoms with Gasteiger partial charge in [0.15, 0.2) is 0 Å². The summed E-state index contributed by atoms with van der Waals surface area (Å²) < 4.78 is 0. The average molecular weight is 335 g/mol. The monoisotopic (exact) mass is 335 g/mol. The molecule has 0 aromatic rings. The third kappa shape index (κ3) is 19.9. The Kier molecular flexibility index (Phi) is 264. The van der Waals surface area contributed by atoms with E-state index in [2.05, 4.69) is 0 Å². The second kappa shape index (κ2) is 29.0. The third-order valence-corrected chi connectivity index (χ3v) is 0. The van der Waals surface area contributed by atoms with Crippen molar-refractivity contribution in [3.05, 3.63) is 0 Å². The van der Waals surface area contributed by atoms with Crippen LogP contribution in [0.4, 0.5) is 0 Å². The topological polar surface area (TPSA) is 0 Å². The van der Waals surface area contributed by atoms with Crippen molar-refractivity contribution in [1.82, 2.24) is 0 Å². The summed E-state index contributed by atoms with van der Waals surface area (Å²) in [5.74, 6) is 0. The first kappa shape index (κ1) is 45.6. The van der Waals surface area contributed by atoms with Gasteiger partial charge >= 0.3 is 0 Å². The van der Waals surface area contributed by atoms with Gasteiger partial charge in [-0.05, 0) is 0 Å². The maximum Gasteiger partial charge on any atom is 0 e. The van der Waals surface area contributed by atoms with Crippen LogP contribution in [0.15, 0.2) is 0 Å². The smallest absolute Gasteiger partial charge is 0 e. The van der Waals surface area contributed by atoms with Crippen LogP contribution < -0.4 is 0 Å². The van der Waals surface area contributed by atoms with Gasteiger partial charge in [0.05, 0.1) is 0 Å². The summed E-state index contributed by atoms with van der Waals surface area (Å²) in [7, 11) is 0. The molecule has 0 aliphatic rings. The maximum atomic E-state index is 0. The van der Waals surface area contributed by atoms with Gasteiger partial charge in [0.1, 0.15) is 0 Å². The van der Waals surface area contributed by atoms with E-state index < -0.39 is 0 Å². The Morgan fingerprint density at radius 1 is 1.00 bits per heavy atom. The van der Waals surface area contributed by atoms with Crippen molar-refractivity contribution >= 4 is 0 Å². The molecule has 5 heavy (non-hydrogen) atoms. The normalized spacial score (nSPS) is 0. The second-order valence-corrected chi connectivity index (χ2v) is 0. The van der Waals surface area contributed by atoms with E-state index in [1.165, 1.54) is 0 Å². The zero-order valence-corrected chi connectivity index (χ0v) is 10.2. The van der Waals surface area contributed by atoms with E-state index in [0.29, 0.717) is 0 Å². The zero-order valence-electron chi connectivity index (χ0n) is 2.12. The van der Waals surface area contributed by atoms with Crippen molar-refractivity contribution < 1.29 is 90.9 Å². The molecule has 0 amide bonds. The Hall–Kier alpha value is 2.83. The molecule has 0 fully saturated rings. The predicted octanol–water partition coefficient (Wildman–Crippen LogP) is -0.0125. The molecular formula is CoFeMoNiZn. The van der Waals surface area contributed by atoms with E-state index >= 15 is 0 Å². The molecule has 0 spiro atoms. The molecule has 0 bridgehead atoms. The van der Waals surface area contributed by atoms with E-state index in [1.54, 1.807) is 0 Å². The Labute approximate surface area is 89.6 Å². The molecule has 0 N–H and O–H groups in total. The van der Waals surface area contributed by atoms with Gasteiger partial charge in [-0.3, -0.25) is 0 Å². The maximum absolute atomic E-state index is 0. The molecule has 5 heteroatoms. The molecule has 0 nitrogen and oxygen atoms in total. The van der Waals surface area contributed by atoms with Gasteiger partial charge in [0.25, 0.3) is 0 Å². The quantitative estimate of drug-likeness (QED) is 0.547. The van der Waals surface area contributed by atoms with Gasteiger partial charge < -0.3 is 0 Å². The summed E-state index contributed by atoms with van der Waals surface area (Å²) in [5.41, 5.74) is 0. The molecule has 0 aliphatic carbocycles. The predicted molar refractivity (Wildman–Crippen MR) is 0 cm³/mol. The molecular weight excluding hydrogens is 335 g/mol. The minimum Gasteiger partial charge on any atom is 0 e. The molecule has 0 saturated carbocycles. The van der Waals surface area contributed by atoms with E-state index in [0.717, 1.165) is 0 Å². The fraction of sp³-hybridized carbons (Fsp3) is 0. The first-order chi connectivity index (χ1) is 0. The molecule has 0 atom stereocenters. The minimum absolute atomic E-state index is 0. The first-order valence-corrected chi connectivity index (χ1v) is 0. The standard InChI is InChI=1S/Co.Fe.Mo.Ni.Zn. The van der Waals surface area contributed by atoms with Gasteiger partial charge in [-0.25, -0.2) is 0 Å². The van der Waals surface area contributed by atoms with Crippen LogP contribution in [0.25, 0.3) is 0 Å². The van der Waals surface area contributed by atoms with Crippen molar-refractivity contribution in [2.24, 2.45) is 0 Å². The van der Waals surface area contributed by atoms with Crippen LogP contribution in [0.2, 0.25) is 0 Å². The van der Waals surface area contributed by atoms with Gasteiger partial charge in [-0.15, -0.1) is 0 Å². The van der Waals surface area contributed by atoms with Crippen LogP contribution >= 0.6 is 0 Å². The van der Waals surface area contributed by atoms with E-state index in [4.69, 9.17) is 0 Å². The van der Waals surface area contributed by atoms with Crippen molar-refractivity contribution in [2.75, 3.05) is 0 Å². The molecule has 0 unspecified atom stereocenters. The van der Waals surface area contributed by atoms with Crippen LogP contribution in [0, 0.1) is 0 Å². The molecule has 0 aromatic carbocycles. The van der Waals surface area contributed by atoms with Crippen LogP contribution in [-0.4, -0.2) is 0 Å². The number of hydrogen-bond acceptors (Lipinski definition) is 0. The van der Waals surface area contributed by atoms with Crippen LogP contribution in [0.5, 0.6) is 0 Å². The summed E-state index contributed by atoms with van der Waals surface area (Å²) in [6.07, 6.45) is 0. The minimum atomic E-state index is 0. The van der Waals surface area contributed by atoms with Crippen molar-refractivity contribution in [1.29, 1.82) is 0 Å². The molecule has 35 valence electrons. The summed E-state index contributed by atoms with van der Waals surface area (Å²) in [5, 5.41) is 0. The van der Waals surface area contributed by atoms with E-state index in [1.807, 2.05) is 0 Å². The van der Waals surface area contributed by atoms with E-state index in [9.17, 15) is 0 Å². The number of hydrogen-bond donors (Lipinski definition) is 0. The van der Waals surface area contributed by atoms with Gasteiger partial charge in [-0.2, -0.15) is 0 Å². The van der Waals surface area contributed by atoms with Crippen molar-refractivity contribution in [3.8, 4) is 0 Å². The van der Waals surface area contributed by atoms with Crippen LogP contribution in [-0.2, 0) is 90.9 Å². The van der Waals surface area contributed by atoms with Crippen molar-refractivity contribution in [3.63, 3.8) is 0 Å². The average Bonchev–Trinajstić information content (AvgIpc) is 0. The summed E-state index contributed by atoms with van der Waals surface area (Å²) >= 11 is 0. The van der Waals surface area contributed by atoms with Gasteiger partial charge in [0, 0.05) is 90.9 Å². The Balaban J connectivity index is 0. The summed E-state index contributed by atoms with van der Waals surface area (Å²) in [4.78, 5) is 0. The fourth-order valence-electron chi connectivity index (χ4n) is 0. The summed E-state index contributed by atoms with van der Waals surface area (Å²) in [6, 6.07) is 0. The Morgan fingerprint density at radius 2 is 1.00 bits per heavy atom. The molecule has 1 radical (unpaired) electrons. The SMILES string of the molecule is [Co].[Fe].[Mo].[Ni].[Zn]. The van der Waals surface area contributed by atoms with Crippen molar-refractivity contribution in [2.45, 2.75) is 0 Å². The van der Waals surface area contributed by atoms with Gasteiger partial charge in [0.2, 0.25) is 0 Å². The zero-order chi connectivity index (χ0) is 0. The third-order valence-electron chi connectivity index (χ3n) is 0. The summed E-state index contributed by atoms with van der Waals surface area (Å²) in [6.45, 7) is 0. The first-order valence-electron chi connectivity index (χ1n) is 0. The largest absolute Gasteiger partial charge is 0 e. The van der Waals surface area contributed by atoms with E-state index in [-0.39, 0.29) is 90.9 Å². The molecule has 0 heterocycles. The molecule has 0 aliphatic heterocycles. The molecule has 0 saturated heterocycles. The molecule has 0 rings (SSSR count). The van der Waals surface area contributed by atoms with Crippen LogP contribution in [0.1, 0.15) is 0 Å². The number of rotatable bonds is 0.